The molecule has 0 radical (unpaired) electrons. The molecule has 0 aliphatic carbocycles. The summed E-state index contributed by atoms with van der Waals surface area (Å²) >= 11 is 0. The molecule has 0 saturated carbocycles. The summed E-state index contributed by atoms with van der Waals surface area (Å²) < 4.78 is 20.6. The molecule has 4 heterocycles. The number of pyridine rings is 1. The summed E-state index contributed by atoms with van der Waals surface area (Å²) in [5, 5.41) is 5.43. The zero-order chi connectivity index (χ0) is 25.0. The lowest BCUT2D eigenvalue weighted by Crippen LogP contribution is -2.52. The quantitative estimate of drug-likeness (QED) is 0.418. The molecule has 0 spiro atoms. The number of carbonyl (C=O) groups is 3. The van der Waals surface area contributed by atoms with Crippen LogP contribution in [0.5, 0.6) is 0 Å². The van der Waals surface area contributed by atoms with Crippen molar-refractivity contribution in [2.75, 3.05) is 6.54 Å². The van der Waals surface area contributed by atoms with E-state index in [4.69, 9.17) is 4.42 Å². The highest BCUT2D eigenvalue weighted by Crippen LogP contribution is 2.37. The Labute approximate surface area is 205 Å². The van der Waals surface area contributed by atoms with Gasteiger partial charge in [-0.2, -0.15) is 0 Å². The molecule has 9 heteroatoms. The molecule has 2 aromatic carbocycles. The number of halogens is 1. The van der Waals surface area contributed by atoms with Gasteiger partial charge < -0.3 is 14.6 Å². The van der Waals surface area contributed by atoms with Crippen LogP contribution in [0.1, 0.15) is 34.2 Å². The maximum atomic E-state index is 14.6. The molecule has 180 valence electrons. The summed E-state index contributed by atoms with van der Waals surface area (Å²) in [6.45, 7) is 2.17. The number of benzene rings is 2. The number of nitrogens with one attached hydrogen (secondary N) is 2. The van der Waals surface area contributed by atoms with Crippen LogP contribution in [0.25, 0.3) is 22.2 Å². The predicted octanol–water partition coefficient (Wildman–Crippen LogP) is 3.89. The number of carbonyl (C=O) groups excluding carboxylic acids is 3. The molecule has 2 aromatic heterocycles. The number of urea groups is 1. The highest BCUT2D eigenvalue weighted by atomic mass is 19.1. The molecule has 4 amide bonds. The van der Waals surface area contributed by atoms with Crippen LogP contribution in [-0.4, -0.2) is 34.3 Å². The Hall–Kier alpha value is -4.53. The van der Waals surface area contributed by atoms with Crippen molar-refractivity contribution in [2.24, 2.45) is 0 Å². The maximum absolute atomic E-state index is 14.6. The normalized spacial score (nSPS) is 19.1. The van der Waals surface area contributed by atoms with E-state index < -0.39 is 23.3 Å². The Morgan fingerprint density at radius 2 is 1.92 bits per heavy atom. The van der Waals surface area contributed by atoms with Gasteiger partial charge in [0, 0.05) is 29.3 Å². The van der Waals surface area contributed by atoms with Crippen LogP contribution >= 0.6 is 0 Å². The summed E-state index contributed by atoms with van der Waals surface area (Å²) in [7, 11) is 0. The van der Waals surface area contributed by atoms with Crippen molar-refractivity contribution in [1.82, 2.24) is 20.5 Å². The molecule has 6 rings (SSSR count). The van der Waals surface area contributed by atoms with Crippen LogP contribution in [0.15, 0.2) is 65.2 Å². The molecule has 36 heavy (non-hydrogen) atoms. The van der Waals surface area contributed by atoms with E-state index >= 15 is 0 Å². The molecule has 1 fully saturated rings. The monoisotopic (exact) mass is 484 g/mol. The van der Waals surface area contributed by atoms with Gasteiger partial charge in [-0.25, -0.2) is 9.18 Å². The summed E-state index contributed by atoms with van der Waals surface area (Å²) in [6, 6.07) is 14.5. The zero-order valence-corrected chi connectivity index (χ0v) is 19.3. The maximum Gasteiger partial charge on any atom is 0.322 e. The largest absolute Gasteiger partial charge is 0.458 e. The van der Waals surface area contributed by atoms with E-state index in [2.05, 4.69) is 15.6 Å². The minimum atomic E-state index is -1.66. The minimum absolute atomic E-state index is 0.129. The lowest BCUT2D eigenvalue weighted by molar-refractivity contribution is -0.125. The number of imide groups is 1. The first-order valence-corrected chi connectivity index (χ1v) is 11.6. The van der Waals surface area contributed by atoms with E-state index in [-0.39, 0.29) is 23.8 Å². The van der Waals surface area contributed by atoms with Crippen molar-refractivity contribution < 1.29 is 23.2 Å². The third-order valence-corrected chi connectivity index (χ3v) is 6.83. The van der Waals surface area contributed by atoms with Gasteiger partial charge in [-0.05, 0) is 47.9 Å². The number of fused-ring (bicyclic) bond motifs is 2. The number of rotatable bonds is 5. The van der Waals surface area contributed by atoms with E-state index in [1.54, 1.807) is 30.3 Å². The molecule has 1 saturated heterocycles. The number of aryl methyl sites for hydroxylation is 1. The number of aromatic nitrogens is 1. The fourth-order valence-electron chi connectivity index (χ4n) is 4.94. The second-order valence-corrected chi connectivity index (χ2v) is 8.98. The van der Waals surface area contributed by atoms with Crippen LogP contribution in [0.3, 0.4) is 0 Å². The van der Waals surface area contributed by atoms with E-state index in [9.17, 15) is 18.8 Å². The van der Waals surface area contributed by atoms with Crippen molar-refractivity contribution in [3.05, 3.63) is 89.1 Å². The van der Waals surface area contributed by atoms with Crippen LogP contribution < -0.4 is 10.6 Å². The first-order chi connectivity index (χ1) is 17.4. The van der Waals surface area contributed by atoms with Crippen LogP contribution in [0, 0.1) is 5.82 Å². The fourth-order valence-corrected chi connectivity index (χ4v) is 4.94. The molecular weight excluding hydrogens is 463 g/mol. The standard InChI is InChI=1S/C27H21FN4O4/c1-2-15-7-8-16-13-32(24(33)18(16)11-15)14-27(25(34)30-26(35)31-27)22-12-19-21(36-22)9-10-29-23(19)17-5-3-4-6-20(17)28/h3-12H,2,13-14H2,1H3,(H2,30,31,34,35)/t27-/m0/s1. The molecule has 4 aromatic rings. The number of hydrogen-bond acceptors (Lipinski definition) is 5. The Morgan fingerprint density at radius 1 is 1.08 bits per heavy atom. The van der Waals surface area contributed by atoms with Crippen molar-refractivity contribution in [1.29, 1.82) is 0 Å². The smallest absolute Gasteiger partial charge is 0.322 e. The van der Waals surface area contributed by atoms with E-state index in [1.165, 1.54) is 17.2 Å². The van der Waals surface area contributed by atoms with Gasteiger partial charge in [0.15, 0.2) is 5.54 Å². The van der Waals surface area contributed by atoms with Gasteiger partial charge in [-0.15, -0.1) is 0 Å². The predicted molar refractivity (Wildman–Crippen MR) is 128 cm³/mol. The van der Waals surface area contributed by atoms with Gasteiger partial charge in [0.25, 0.3) is 11.8 Å². The van der Waals surface area contributed by atoms with Gasteiger partial charge in [0.05, 0.1) is 12.2 Å². The number of amides is 4. The van der Waals surface area contributed by atoms with Crippen LogP contribution in [0.2, 0.25) is 0 Å². The van der Waals surface area contributed by atoms with E-state index in [1.807, 2.05) is 25.1 Å². The highest BCUT2D eigenvalue weighted by molar-refractivity contribution is 6.08. The topological polar surface area (TPSA) is 105 Å². The highest BCUT2D eigenvalue weighted by Gasteiger charge is 2.53. The molecule has 8 nitrogen and oxygen atoms in total. The number of hydrogen-bond donors (Lipinski definition) is 2. The second kappa shape index (κ2) is 8.01. The van der Waals surface area contributed by atoms with Crippen LogP contribution in [-0.2, 0) is 23.3 Å². The molecule has 2 aliphatic rings. The third-order valence-electron chi connectivity index (χ3n) is 6.83. The van der Waals surface area contributed by atoms with Gasteiger partial charge in [0.1, 0.15) is 17.2 Å². The lowest BCUT2D eigenvalue weighted by Gasteiger charge is -2.29. The first kappa shape index (κ1) is 22.0. The SMILES string of the molecule is CCc1ccc2c(c1)C(=O)N(C[C@@]1(c3cc4c(-c5ccccc5F)nccc4o3)NC(=O)NC1=O)C2. The minimum Gasteiger partial charge on any atom is -0.458 e. The summed E-state index contributed by atoms with van der Waals surface area (Å²) in [6.07, 6.45) is 2.28. The summed E-state index contributed by atoms with van der Waals surface area (Å²) in [5.74, 6) is -1.18. The summed E-state index contributed by atoms with van der Waals surface area (Å²) in [5.41, 5.74) is 1.82. The van der Waals surface area contributed by atoms with Crippen molar-refractivity contribution in [3.63, 3.8) is 0 Å². The third kappa shape index (κ3) is 3.27. The molecule has 0 unspecified atom stereocenters. The number of nitrogens with zero attached hydrogens (tertiary/aromatic N) is 2. The molecular formula is C27H21FN4O4. The van der Waals surface area contributed by atoms with Gasteiger partial charge >= 0.3 is 6.03 Å². The van der Waals surface area contributed by atoms with Crippen molar-refractivity contribution in [2.45, 2.75) is 25.4 Å². The molecule has 2 aliphatic heterocycles. The first-order valence-electron chi connectivity index (χ1n) is 11.6. The second-order valence-electron chi connectivity index (χ2n) is 8.98. The zero-order valence-electron chi connectivity index (χ0n) is 19.3. The van der Waals surface area contributed by atoms with Gasteiger partial charge in [-0.3, -0.25) is 19.9 Å². The van der Waals surface area contributed by atoms with Gasteiger partial charge in [0.2, 0.25) is 0 Å². The van der Waals surface area contributed by atoms with Gasteiger partial charge in [-0.1, -0.05) is 31.2 Å². The number of furan rings is 1. The van der Waals surface area contributed by atoms with E-state index in [0.29, 0.717) is 28.8 Å². The lowest BCUT2D eigenvalue weighted by atomic mass is 9.94. The molecule has 1 atom stereocenters. The van der Waals surface area contributed by atoms with Crippen LogP contribution in [0.4, 0.5) is 9.18 Å². The van der Waals surface area contributed by atoms with E-state index in [0.717, 1.165) is 17.5 Å². The van der Waals surface area contributed by atoms with Crippen molar-refractivity contribution >= 4 is 28.8 Å². The Bertz CT molecular complexity index is 1580. The average Bonchev–Trinajstić information content (AvgIpc) is 3.53. The Morgan fingerprint density at radius 3 is 2.67 bits per heavy atom. The Kier molecular flexibility index (Phi) is 4.89. The summed E-state index contributed by atoms with van der Waals surface area (Å²) in [4.78, 5) is 44.6. The average molecular weight is 484 g/mol. The van der Waals surface area contributed by atoms with Crippen molar-refractivity contribution in [3.8, 4) is 11.3 Å². The Balaban J connectivity index is 1.44. The fraction of sp³-hybridized carbons (Fsp3) is 0.185. The molecule has 0 bridgehead atoms. The molecule has 2 N–H and O–H groups in total.